The molecule has 2 aromatic heterocycles. The van der Waals surface area contributed by atoms with Crippen LogP contribution < -0.4 is 14.2 Å². The van der Waals surface area contributed by atoms with Crippen molar-refractivity contribution in [2.45, 2.75) is 66.0 Å². The van der Waals surface area contributed by atoms with E-state index in [0.29, 0.717) is 36.9 Å². The zero-order chi connectivity index (χ0) is 31.8. The van der Waals surface area contributed by atoms with E-state index in [1.165, 1.54) is 22.8 Å². The summed E-state index contributed by atoms with van der Waals surface area (Å²) in [6.07, 6.45) is 6.45. The highest BCUT2D eigenvalue weighted by atomic mass is 16.6. The summed E-state index contributed by atoms with van der Waals surface area (Å²) in [6, 6.07) is 19.7. The minimum atomic E-state index is -0.391. The molecule has 238 valence electrons. The van der Waals surface area contributed by atoms with Crippen LogP contribution in [0.4, 0.5) is 4.79 Å². The lowest BCUT2D eigenvalue weighted by molar-refractivity contribution is 0.135. The van der Waals surface area contributed by atoms with Gasteiger partial charge in [0.05, 0.1) is 13.7 Å². The number of aryl methyl sites for hydroxylation is 3. The van der Waals surface area contributed by atoms with Gasteiger partial charge in [0.25, 0.3) is 0 Å². The number of H-pyrrole nitrogens is 1. The molecule has 1 aliphatic heterocycles. The van der Waals surface area contributed by atoms with Gasteiger partial charge >= 0.3 is 6.09 Å². The van der Waals surface area contributed by atoms with Gasteiger partial charge < -0.3 is 19.2 Å². The highest BCUT2D eigenvalue weighted by molar-refractivity contribution is 5.87. The molecular formula is C36H45N5O4. The van der Waals surface area contributed by atoms with Gasteiger partial charge in [-0.25, -0.2) is 9.78 Å². The zero-order valence-corrected chi connectivity index (χ0v) is 26.9. The average molecular weight is 612 g/mol. The van der Waals surface area contributed by atoms with Gasteiger partial charge in [-0.2, -0.15) is 5.10 Å². The molecule has 0 radical (unpaired) electrons. The fourth-order valence-electron chi connectivity index (χ4n) is 5.82. The lowest BCUT2D eigenvalue weighted by atomic mass is 9.92. The van der Waals surface area contributed by atoms with Crippen LogP contribution in [0.3, 0.4) is 0 Å². The topological polar surface area (TPSA) is 94.5 Å². The smallest absolute Gasteiger partial charge is 0.416 e. The fourth-order valence-corrected chi connectivity index (χ4v) is 5.82. The number of fused-ring (bicyclic) bond motifs is 3. The summed E-state index contributed by atoms with van der Waals surface area (Å²) < 4.78 is 19.5. The number of hydrogen-bond donors (Lipinski definition) is 1. The van der Waals surface area contributed by atoms with Gasteiger partial charge in [-0.3, -0.25) is 9.58 Å². The number of rotatable bonds is 10. The summed E-state index contributed by atoms with van der Waals surface area (Å²) in [6.45, 7) is 9.94. The summed E-state index contributed by atoms with van der Waals surface area (Å²) in [7, 11) is 1.63. The molecule has 5 aromatic rings. The van der Waals surface area contributed by atoms with Crippen LogP contribution in [0.1, 0.15) is 69.0 Å². The maximum Gasteiger partial charge on any atom is 0.416 e. The van der Waals surface area contributed by atoms with Crippen LogP contribution in [-0.2, 0) is 19.4 Å². The summed E-state index contributed by atoms with van der Waals surface area (Å²) >= 11 is 0. The molecule has 1 N–H and O–H groups in total. The van der Waals surface area contributed by atoms with Gasteiger partial charge in [-0.15, -0.1) is 0 Å². The quantitative estimate of drug-likeness (QED) is 0.161. The molecule has 1 unspecified atom stereocenters. The lowest BCUT2D eigenvalue weighted by Crippen LogP contribution is -2.42. The van der Waals surface area contributed by atoms with Gasteiger partial charge in [-0.1, -0.05) is 57.0 Å². The Morgan fingerprint density at radius 2 is 1.89 bits per heavy atom. The molecule has 3 heterocycles. The third-order valence-corrected chi connectivity index (χ3v) is 7.95. The Balaban J connectivity index is 0.00000157. The van der Waals surface area contributed by atoms with Crippen molar-refractivity contribution < 1.29 is 20.4 Å². The Bertz CT molecular complexity index is 1700. The molecule has 1 aliphatic rings. The molecule has 0 saturated heterocycles. The van der Waals surface area contributed by atoms with E-state index in [-0.39, 0.29) is 7.47 Å². The van der Waals surface area contributed by atoms with Gasteiger partial charge in [0.1, 0.15) is 24.4 Å². The molecule has 0 saturated carbocycles. The number of carbonyl (C=O) groups excluding carboxylic acids is 1. The highest BCUT2D eigenvalue weighted by Gasteiger charge is 2.36. The predicted molar refractivity (Wildman–Crippen MR) is 178 cm³/mol. The zero-order valence-electron chi connectivity index (χ0n) is 26.9. The van der Waals surface area contributed by atoms with Crippen LogP contribution in [-0.4, -0.2) is 51.0 Å². The van der Waals surface area contributed by atoms with E-state index in [2.05, 4.69) is 40.2 Å². The van der Waals surface area contributed by atoms with Gasteiger partial charge in [0, 0.05) is 37.5 Å². The van der Waals surface area contributed by atoms with Crippen LogP contribution >= 0.6 is 0 Å². The van der Waals surface area contributed by atoms with Crippen molar-refractivity contribution in [3.8, 4) is 17.2 Å². The number of hydrogen-bond acceptors (Lipinski definition) is 6. The highest BCUT2D eigenvalue weighted by Crippen LogP contribution is 2.41. The number of carbonyl (C=O) groups is 1. The van der Waals surface area contributed by atoms with Crippen LogP contribution in [0.25, 0.3) is 10.9 Å². The molecule has 0 fully saturated rings. The van der Waals surface area contributed by atoms with Crippen LogP contribution in [0.15, 0.2) is 73.3 Å². The summed E-state index contributed by atoms with van der Waals surface area (Å²) in [5.74, 6) is 1.78. The second-order valence-corrected chi connectivity index (χ2v) is 10.9. The maximum atomic E-state index is 13.7. The van der Waals surface area contributed by atoms with Gasteiger partial charge in [-0.05, 0) is 72.9 Å². The predicted octanol–water partition coefficient (Wildman–Crippen LogP) is 7.92. The van der Waals surface area contributed by atoms with Crippen LogP contribution in [0.2, 0.25) is 0 Å². The monoisotopic (exact) mass is 611 g/mol. The molecule has 0 bridgehead atoms. The molecule has 6 rings (SSSR count). The van der Waals surface area contributed by atoms with E-state index < -0.39 is 6.09 Å². The second kappa shape index (κ2) is 14.8. The molecule has 0 spiro atoms. The Morgan fingerprint density at radius 3 is 2.62 bits per heavy atom. The standard InChI is InChI=1S/C34H37N5O4.C2H6.H2/c1-4-6-24-9-13-29-28(19-24)27-15-17-39(34(40)43-26-11-7-23(2)8-12-26)33(32(27)37-29)25-10-14-30(31(20-25)41-3)42-18-5-16-38-22-35-21-36-38;1-2;/h7-14,19-22,33,37H,4-6,15-18H2,1-3H3;1-2H3;1H. The number of aromatic amines is 1. The largest absolute Gasteiger partial charge is 0.493 e. The van der Waals surface area contributed by atoms with Crippen molar-refractivity contribution in [2.75, 3.05) is 20.3 Å². The van der Waals surface area contributed by atoms with E-state index in [4.69, 9.17) is 14.2 Å². The van der Waals surface area contributed by atoms with E-state index >= 15 is 0 Å². The van der Waals surface area contributed by atoms with Crippen molar-refractivity contribution in [3.63, 3.8) is 0 Å². The first-order chi connectivity index (χ1) is 22.0. The SMILES string of the molecule is CC.CCCc1ccc2[nH]c3c(c2c1)CCN(C(=O)Oc1ccc(C)cc1)C3c1ccc(OCCCn2cncn2)c(OC)c1.[HH]. The number of methoxy groups -OCH3 is 1. The molecule has 9 heteroatoms. The summed E-state index contributed by atoms with van der Waals surface area (Å²) in [5, 5.41) is 5.36. The number of nitrogens with one attached hydrogen (secondary N) is 1. The third-order valence-electron chi connectivity index (χ3n) is 7.95. The van der Waals surface area contributed by atoms with Crippen molar-refractivity contribution in [1.29, 1.82) is 0 Å². The van der Waals surface area contributed by atoms with Gasteiger partial charge in [0.15, 0.2) is 11.5 Å². The van der Waals surface area contributed by atoms with E-state index in [1.54, 1.807) is 23.0 Å². The summed E-state index contributed by atoms with van der Waals surface area (Å²) in [4.78, 5) is 23.2. The molecular weight excluding hydrogens is 566 g/mol. The van der Waals surface area contributed by atoms with Crippen molar-refractivity contribution >= 4 is 17.0 Å². The second-order valence-electron chi connectivity index (χ2n) is 10.9. The van der Waals surface area contributed by atoms with E-state index in [0.717, 1.165) is 48.0 Å². The minimum Gasteiger partial charge on any atom is -0.493 e. The normalized spacial score (nSPS) is 14.0. The molecule has 1 atom stereocenters. The maximum absolute atomic E-state index is 13.7. The van der Waals surface area contributed by atoms with E-state index in [1.807, 2.05) is 63.2 Å². The van der Waals surface area contributed by atoms with Gasteiger partial charge in [0.2, 0.25) is 0 Å². The average Bonchev–Trinajstić information content (AvgIpc) is 3.73. The van der Waals surface area contributed by atoms with Crippen molar-refractivity contribution in [2.24, 2.45) is 0 Å². The lowest BCUT2D eigenvalue weighted by Gasteiger charge is -2.35. The van der Waals surface area contributed by atoms with Crippen LogP contribution in [0.5, 0.6) is 17.2 Å². The molecule has 45 heavy (non-hydrogen) atoms. The van der Waals surface area contributed by atoms with Crippen molar-refractivity contribution in [1.82, 2.24) is 24.6 Å². The molecule has 1 amide bonds. The Hall–Kier alpha value is -4.79. The Labute approximate surface area is 266 Å². The first-order valence-electron chi connectivity index (χ1n) is 15.9. The number of amides is 1. The van der Waals surface area contributed by atoms with Crippen molar-refractivity contribution in [3.05, 3.63) is 101 Å². The number of ether oxygens (including phenoxy) is 3. The molecule has 0 aliphatic carbocycles. The third kappa shape index (κ3) is 7.14. The molecule has 9 nitrogen and oxygen atoms in total. The first kappa shape index (κ1) is 31.6. The number of aromatic nitrogens is 4. The fraction of sp³-hybridized carbons (Fsp3) is 0.361. The summed E-state index contributed by atoms with van der Waals surface area (Å²) in [5.41, 5.74) is 6.65. The Morgan fingerprint density at radius 1 is 1.07 bits per heavy atom. The number of benzene rings is 3. The Kier molecular flexibility index (Phi) is 10.4. The van der Waals surface area contributed by atoms with E-state index in [9.17, 15) is 4.79 Å². The molecule has 3 aromatic carbocycles. The number of nitrogens with zero attached hydrogens (tertiary/aromatic N) is 4. The first-order valence-corrected chi connectivity index (χ1v) is 15.9. The minimum absolute atomic E-state index is 0. The van der Waals surface area contributed by atoms with Crippen LogP contribution in [0, 0.1) is 6.92 Å².